The molecule has 14 heavy (non-hydrogen) atoms. The van der Waals surface area contributed by atoms with Gasteiger partial charge in [0.05, 0.1) is 0 Å². The highest BCUT2D eigenvalue weighted by molar-refractivity contribution is 4.45. The summed E-state index contributed by atoms with van der Waals surface area (Å²) in [7, 11) is 1.50. The molecular weight excluding hydrogens is 170 g/mol. The fourth-order valence-electron chi connectivity index (χ4n) is 0.697. The average molecular weight is 205 g/mol. The van der Waals surface area contributed by atoms with E-state index in [0.29, 0.717) is 0 Å². The molecular formula is C13H35N. The monoisotopic (exact) mass is 205 g/mol. The standard InChI is InChI=1S/C7H16.C3H8.C2H6.CH5N/c1-4-6-7(3)5-2;1-3-2;2*1-2/h7H,4-6H2,1-3H3;3H2,1-2H3;1-2H3;2H2,1H3. The summed E-state index contributed by atoms with van der Waals surface area (Å²) < 4.78 is 0. The Hall–Kier alpha value is -0.0400. The molecule has 0 saturated heterocycles. The van der Waals surface area contributed by atoms with Crippen molar-refractivity contribution in [1.82, 2.24) is 0 Å². The maximum absolute atomic E-state index is 4.50. The van der Waals surface area contributed by atoms with E-state index in [-0.39, 0.29) is 0 Å². The molecule has 0 aromatic carbocycles. The first-order chi connectivity index (χ1) is 6.72. The lowest BCUT2D eigenvalue weighted by Gasteiger charge is -2.02. The van der Waals surface area contributed by atoms with Gasteiger partial charge in [-0.05, 0) is 13.0 Å². The second-order valence-electron chi connectivity index (χ2n) is 3.01. The lowest BCUT2D eigenvalue weighted by Crippen LogP contribution is -1.88. The van der Waals surface area contributed by atoms with E-state index in [1.807, 2.05) is 13.8 Å². The molecule has 1 heteroatoms. The van der Waals surface area contributed by atoms with Crippen molar-refractivity contribution >= 4 is 0 Å². The molecule has 0 fully saturated rings. The van der Waals surface area contributed by atoms with Crippen LogP contribution >= 0.6 is 0 Å². The fraction of sp³-hybridized carbons (Fsp3) is 1.00. The molecule has 0 bridgehead atoms. The Labute approximate surface area is 93.5 Å². The second kappa shape index (κ2) is 38.3. The van der Waals surface area contributed by atoms with Crippen LogP contribution in [-0.2, 0) is 0 Å². The van der Waals surface area contributed by atoms with Gasteiger partial charge in [-0.25, -0.2) is 0 Å². The summed E-state index contributed by atoms with van der Waals surface area (Å²) in [5.41, 5.74) is 4.50. The number of hydrogen-bond acceptors (Lipinski definition) is 1. The summed E-state index contributed by atoms with van der Waals surface area (Å²) in [6, 6.07) is 0. The Bertz CT molecular complexity index is 44.5. The van der Waals surface area contributed by atoms with Crippen LogP contribution in [-0.4, -0.2) is 7.05 Å². The summed E-state index contributed by atoms with van der Waals surface area (Å²) >= 11 is 0. The predicted molar refractivity (Wildman–Crippen MR) is 71.8 cm³/mol. The van der Waals surface area contributed by atoms with Crippen LogP contribution in [0.25, 0.3) is 0 Å². The van der Waals surface area contributed by atoms with Gasteiger partial charge in [0, 0.05) is 0 Å². The molecule has 0 aliphatic heterocycles. The van der Waals surface area contributed by atoms with Gasteiger partial charge in [0.25, 0.3) is 0 Å². The van der Waals surface area contributed by atoms with Crippen LogP contribution in [0.3, 0.4) is 0 Å². The maximum atomic E-state index is 4.50. The van der Waals surface area contributed by atoms with Crippen LogP contribution in [0.2, 0.25) is 0 Å². The summed E-state index contributed by atoms with van der Waals surface area (Å²) in [4.78, 5) is 0. The van der Waals surface area contributed by atoms with Crippen molar-refractivity contribution < 1.29 is 0 Å². The van der Waals surface area contributed by atoms with Crippen molar-refractivity contribution in [3.8, 4) is 0 Å². The fourth-order valence-corrected chi connectivity index (χ4v) is 0.697. The Morgan fingerprint density at radius 1 is 0.929 bits per heavy atom. The van der Waals surface area contributed by atoms with Gasteiger partial charge in [0.1, 0.15) is 0 Å². The quantitative estimate of drug-likeness (QED) is 0.700. The lowest BCUT2D eigenvalue weighted by atomic mass is 10.0. The van der Waals surface area contributed by atoms with Gasteiger partial charge in [0.2, 0.25) is 0 Å². The molecule has 0 aliphatic carbocycles. The molecule has 1 nitrogen and oxygen atoms in total. The number of hydrogen-bond donors (Lipinski definition) is 1. The van der Waals surface area contributed by atoms with Crippen LogP contribution in [0.4, 0.5) is 0 Å². The number of nitrogens with two attached hydrogens (primary N) is 1. The third-order valence-electron chi connectivity index (χ3n) is 1.48. The van der Waals surface area contributed by atoms with Crippen molar-refractivity contribution in [3.63, 3.8) is 0 Å². The first-order valence-corrected chi connectivity index (χ1v) is 6.30. The second-order valence-corrected chi connectivity index (χ2v) is 3.01. The first-order valence-electron chi connectivity index (χ1n) is 6.30. The van der Waals surface area contributed by atoms with Crippen LogP contribution in [0.5, 0.6) is 0 Å². The molecule has 92 valence electrons. The van der Waals surface area contributed by atoms with Gasteiger partial charge in [0.15, 0.2) is 0 Å². The van der Waals surface area contributed by atoms with Crippen LogP contribution in [0.1, 0.15) is 74.1 Å². The van der Waals surface area contributed by atoms with Crippen molar-refractivity contribution in [2.24, 2.45) is 11.7 Å². The van der Waals surface area contributed by atoms with E-state index in [1.165, 1.54) is 32.7 Å². The Morgan fingerprint density at radius 3 is 1.29 bits per heavy atom. The third kappa shape index (κ3) is 58.4. The lowest BCUT2D eigenvalue weighted by molar-refractivity contribution is 0.509. The Balaban J connectivity index is -0.0000000603. The van der Waals surface area contributed by atoms with Gasteiger partial charge in [-0.2, -0.15) is 0 Å². The zero-order valence-corrected chi connectivity index (χ0v) is 12.0. The van der Waals surface area contributed by atoms with Crippen molar-refractivity contribution in [2.45, 2.75) is 74.1 Å². The number of rotatable bonds is 3. The van der Waals surface area contributed by atoms with E-state index in [9.17, 15) is 0 Å². The highest BCUT2D eigenvalue weighted by Crippen LogP contribution is 2.07. The molecule has 0 rings (SSSR count). The highest BCUT2D eigenvalue weighted by atomic mass is 14.4. The Kier molecular flexibility index (Phi) is 64.6. The van der Waals surface area contributed by atoms with E-state index in [0.717, 1.165) is 5.92 Å². The summed E-state index contributed by atoms with van der Waals surface area (Å²) in [5.74, 6) is 0.949. The zero-order valence-electron chi connectivity index (χ0n) is 12.0. The van der Waals surface area contributed by atoms with E-state index >= 15 is 0 Å². The summed E-state index contributed by atoms with van der Waals surface area (Å²) in [5, 5.41) is 0. The van der Waals surface area contributed by atoms with Crippen molar-refractivity contribution in [3.05, 3.63) is 0 Å². The topological polar surface area (TPSA) is 26.0 Å². The van der Waals surface area contributed by atoms with Crippen molar-refractivity contribution in [1.29, 1.82) is 0 Å². The van der Waals surface area contributed by atoms with E-state index < -0.39 is 0 Å². The molecule has 0 amide bonds. The van der Waals surface area contributed by atoms with Gasteiger partial charge < -0.3 is 5.73 Å². The van der Waals surface area contributed by atoms with Crippen LogP contribution < -0.4 is 5.73 Å². The van der Waals surface area contributed by atoms with E-state index in [1.54, 1.807) is 0 Å². The minimum atomic E-state index is 0.949. The SMILES string of the molecule is CC.CCC.CCCC(C)CC.CN. The average Bonchev–Trinajstić information content (AvgIpc) is 2.25. The summed E-state index contributed by atoms with van der Waals surface area (Å²) in [6.07, 6.45) is 5.33. The molecule has 0 aromatic heterocycles. The van der Waals surface area contributed by atoms with E-state index in [4.69, 9.17) is 0 Å². The zero-order chi connectivity index (χ0) is 12.4. The third-order valence-corrected chi connectivity index (χ3v) is 1.48. The molecule has 0 heterocycles. The first kappa shape index (κ1) is 23.6. The molecule has 2 N–H and O–H groups in total. The minimum absolute atomic E-state index is 0.949. The van der Waals surface area contributed by atoms with Crippen molar-refractivity contribution in [2.75, 3.05) is 7.05 Å². The van der Waals surface area contributed by atoms with Crippen LogP contribution in [0, 0.1) is 5.92 Å². The molecule has 0 aromatic rings. The van der Waals surface area contributed by atoms with Crippen LogP contribution in [0.15, 0.2) is 0 Å². The minimum Gasteiger partial charge on any atom is -0.333 e. The largest absolute Gasteiger partial charge is 0.333 e. The molecule has 1 unspecified atom stereocenters. The smallest absolute Gasteiger partial charge is 0.0195 e. The molecule has 0 aliphatic rings. The summed E-state index contributed by atoms with van der Waals surface area (Å²) in [6.45, 7) is 15.1. The molecule has 0 radical (unpaired) electrons. The molecule has 0 spiro atoms. The van der Waals surface area contributed by atoms with Gasteiger partial charge in [-0.3, -0.25) is 0 Å². The molecule has 1 atom stereocenters. The molecule has 0 saturated carbocycles. The highest BCUT2D eigenvalue weighted by Gasteiger charge is 1.92. The maximum Gasteiger partial charge on any atom is -0.0195 e. The van der Waals surface area contributed by atoms with E-state index in [2.05, 4.69) is 40.4 Å². The van der Waals surface area contributed by atoms with Gasteiger partial charge >= 0.3 is 0 Å². The predicted octanol–water partition coefficient (Wildman–Crippen LogP) is 4.85. The Morgan fingerprint density at radius 2 is 1.21 bits per heavy atom. The van der Waals surface area contributed by atoms with Gasteiger partial charge in [-0.15, -0.1) is 0 Å². The van der Waals surface area contributed by atoms with Gasteiger partial charge in [-0.1, -0.05) is 74.1 Å². The normalized spacial score (nSPS) is 9.21.